The van der Waals surface area contributed by atoms with E-state index in [4.69, 9.17) is 4.74 Å². The SMILES string of the molecule is COc1ccc([C@H]2C3=CCn4c(=O)n(-c5ccccc5)c(=O)n4[C@@H]3C[C@H]3C(=O)C(C)=CC(=O)[C@@]23C)cc1O. The highest BCUT2D eigenvalue weighted by Crippen LogP contribution is 2.59. The number of ketones is 2. The molecule has 3 aromatic rings. The van der Waals surface area contributed by atoms with Crippen LogP contribution in [0.4, 0.5) is 0 Å². The second-order valence-corrected chi connectivity index (χ2v) is 10.4. The number of carbonyl (C=O) groups excluding carboxylic acids is 2. The number of nitrogens with zero attached hydrogens (tertiary/aromatic N) is 3. The molecule has 38 heavy (non-hydrogen) atoms. The average Bonchev–Trinajstić information content (AvgIpc) is 3.17. The molecule has 9 nitrogen and oxygen atoms in total. The summed E-state index contributed by atoms with van der Waals surface area (Å²) >= 11 is 0. The molecule has 9 heteroatoms. The Kier molecular flexibility index (Phi) is 5.24. The lowest BCUT2D eigenvalue weighted by Gasteiger charge is -2.52. The second-order valence-electron chi connectivity index (χ2n) is 10.4. The zero-order valence-electron chi connectivity index (χ0n) is 21.2. The monoisotopic (exact) mass is 513 g/mol. The number of aromatic nitrogens is 3. The molecule has 6 rings (SSSR count). The van der Waals surface area contributed by atoms with Crippen molar-refractivity contribution < 1.29 is 19.4 Å². The Bertz CT molecular complexity index is 1690. The standard InChI is InChI=1S/C29H27N3O6/c1-16-13-24(34)29(2)20(26(16)35)15-21-19(25(29)17-9-10-23(38-3)22(33)14-17)11-12-30-27(36)31(28(37)32(21)30)18-7-5-4-6-8-18/h4-11,13-14,20-21,25,33H,12,15H2,1-3H3/t20-,21+,25-,29-/m0/s1. The van der Waals surface area contributed by atoms with E-state index < -0.39 is 34.7 Å². The van der Waals surface area contributed by atoms with E-state index in [9.17, 15) is 24.3 Å². The van der Waals surface area contributed by atoms with Crippen LogP contribution in [-0.4, -0.2) is 37.7 Å². The third kappa shape index (κ3) is 3.11. The molecule has 1 fully saturated rings. The summed E-state index contributed by atoms with van der Waals surface area (Å²) in [5.74, 6) is -1.45. The fraction of sp³-hybridized carbons (Fsp3) is 0.310. The van der Waals surface area contributed by atoms with Crippen LogP contribution in [0, 0.1) is 11.3 Å². The molecule has 1 saturated carbocycles. The van der Waals surface area contributed by atoms with Crippen LogP contribution in [0.15, 0.2) is 81.4 Å². The van der Waals surface area contributed by atoms with E-state index in [0.717, 1.165) is 10.1 Å². The third-order valence-corrected chi connectivity index (χ3v) is 8.49. The quantitative estimate of drug-likeness (QED) is 0.539. The topological polar surface area (TPSA) is 113 Å². The van der Waals surface area contributed by atoms with Crippen molar-refractivity contribution >= 4 is 11.6 Å². The van der Waals surface area contributed by atoms with E-state index in [2.05, 4.69) is 0 Å². The molecule has 2 aliphatic carbocycles. The second kappa shape index (κ2) is 8.31. The summed E-state index contributed by atoms with van der Waals surface area (Å²) in [6.07, 6.45) is 3.50. The van der Waals surface area contributed by atoms with Crippen molar-refractivity contribution in [2.75, 3.05) is 7.11 Å². The van der Waals surface area contributed by atoms with Gasteiger partial charge in [0, 0.05) is 11.8 Å². The maximum absolute atomic E-state index is 13.8. The van der Waals surface area contributed by atoms with Crippen molar-refractivity contribution in [3.63, 3.8) is 0 Å². The number of benzene rings is 2. The van der Waals surface area contributed by atoms with Crippen LogP contribution >= 0.6 is 0 Å². The average molecular weight is 514 g/mol. The fourth-order valence-electron chi connectivity index (χ4n) is 6.61. The zero-order valence-corrected chi connectivity index (χ0v) is 21.2. The number of phenolic OH excluding ortho intramolecular Hbond substituents is 1. The highest BCUT2D eigenvalue weighted by Gasteiger charge is 2.59. The van der Waals surface area contributed by atoms with Gasteiger partial charge >= 0.3 is 11.4 Å². The largest absolute Gasteiger partial charge is 0.504 e. The fourth-order valence-corrected chi connectivity index (χ4v) is 6.61. The maximum Gasteiger partial charge on any atom is 0.352 e. The van der Waals surface area contributed by atoms with Crippen LogP contribution < -0.4 is 16.1 Å². The Labute approximate surface area is 217 Å². The first kappa shape index (κ1) is 24.0. The van der Waals surface area contributed by atoms with Crippen molar-refractivity contribution in [2.45, 2.75) is 38.8 Å². The van der Waals surface area contributed by atoms with Gasteiger partial charge in [0.1, 0.15) is 0 Å². The molecular weight excluding hydrogens is 486 g/mol. The summed E-state index contributed by atoms with van der Waals surface area (Å²) in [5, 5.41) is 10.6. The number of fused-ring (bicyclic) bond motifs is 4. The third-order valence-electron chi connectivity index (χ3n) is 8.49. The first-order valence-corrected chi connectivity index (χ1v) is 12.5. The highest BCUT2D eigenvalue weighted by molar-refractivity contribution is 6.13. The van der Waals surface area contributed by atoms with E-state index in [0.29, 0.717) is 16.8 Å². The van der Waals surface area contributed by atoms with Crippen LogP contribution in [0.2, 0.25) is 0 Å². The van der Waals surface area contributed by atoms with Gasteiger partial charge in [-0.05, 0) is 60.4 Å². The van der Waals surface area contributed by atoms with Crippen molar-refractivity contribution in [3.8, 4) is 17.2 Å². The summed E-state index contributed by atoms with van der Waals surface area (Å²) in [4.78, 5) is 54.4. The molecule has 2 aromatic carbocycles. The minimum absolute atomic E-state index is 0.0886. The molecule has 0 spiro atoms. The van der Waals surface area contributed by atoms with Crippen LogP contribution in [0.5, 0.6) is 11.5 Å². The molecule has 0 unspecified atom stereocenters. The predicted octanol–water partition coefficient (Wildman–Crippen LogP) is 2.90. The molecule has 1 aromatic heterocycles. The lowest BCUT2D eigenvalue weighted by atomic mass is 9.51. The summed E-state index contributed by atoms with van der Waals surface area (Å²) in [6.45, 7) is 3.56. The minimum Gasteiger partial charge on any atom is -0.504 e. The number of aromatic hydroxyl groups is 1. The van der Waals surface area contributed by atoms with Gasteiger partial charge in [0.2, 0.25) is 0 Å². The Hall–Kier alpha value is -4.40. The van der Waals surface area contributed by atoms with E-state index in [1.165, 1.54) is 22.5 Å². The van der Waals surface area contributed by atoms with Crippen molar-refractivity contribution in [1.82, 2.24) is 13.9 Å². The minimum atomic E-state index is -1.13. The van der Waals surface area contributed by atoms with Crippen LogP contribution in [0.3, 0.4) is 0 Å². The van der Waals surface area contributed by atoms with Gasteiger partial charge in [-0.25, -0.2) is 23.5 Å². The first-order chi connectivity index (χ1) is 18.2. The number of para-hydroxylation sites is 1. The van der Waals surface area contributed by atoms with Gasteiger partial charge in [-0.15, -0.1) is 0 Å². The smallest absolute Gasteiger partial charge is 0.352 e. The molecule has 1 aliphatic heterocycles. The summed E-state index contributed by atoms with van der Waals surface area (Å²) < 4.78 is 9.19. The van der Waals surface area contributed by atoms with E-state index in [-0.39, 0.29) is 36.0 Å². The van der Waals surface area contributed by atoms with Crippen molar-refractivity contribution in [1.29, 1.82) is 0 Å². The molecule has 0 bridgehead atoms. The number of methoxy groups -OCH3 is 1. The Balaban J connectivity index is 1.59. The molecule has 1 N–H and O–H groups in total. The molecule has 0 radical (unpaired) electrons. The maximum atomic E-state index is 13.8. The number of phenols is 1. The molecule has 2 heterocycles. The predicted molar refractivity (Wildman–Crippen MR) is 139 cm³/mol. The van der Waals surface area contributed by atoms with Crippen LogP contribution in [0.25, 0.3) is 5.69 Å². The normalized spacial score (nSPS) is 26.1. The summed E-state index contributed by atoms with van der Waals surface area (Å²) in [7, 11) is 1.45. The van der Waals surface area contributed by atoms with Gasteiger partial charge < -0.3 is 9.84 Å². The van der Waals surface area contributed by atoms with E-state index >= 15 is 0 Å². The van der Waals surface area contributed by atoms with Gasteiger partial charge in [-0.3, -0.25) is 9.59 Å². The molecular formula is C29H27N3O6. The Morgan fingerprint density at radius 2 is 1.76 bits per heavy atom. The van der Waals surface area contributed by atoms with Gasteiger partial charge in [0.15, 0.2) is 23.1 Å². The van der Waals surface area contributed by atoms with Gasteiger partial charge in [-0.1, -0.05) is 37.3 Å². The van der Waals surface area contributed by atoms with Gasteiger partial charge in [0.25, 0.3) is 0 Å². The highest BCUT2D eigenvalue weighted by atomic mass is 16.5. The molecule has 3 aliphatic rings. The molecule has 194 valence electrons. The zero-order chi connectivity index (χ0) is 26.9. The van der Waals surface area contributed by atoms with Crippen LogP contribution in [0.1, 0.15) is 37.8 Å². The van der Waals surface area contributed by atoms with Gasteiger partial charge in [-0.2, -0.15) is 0 Å². The first-order valence-electron chi connectivity index (χ1n) is 12.5. The molecule has 0 saturated heterocycles. The summed E-state index contributed by atoms with van der Waals surface area (Å²) in [6, 6.07) is 13.0. The Morgan fingerprint density at radius 3 is 2.45 bits per heavy atom. The molecule has 4 atom stereocenters. The Morgan fingerprint density at radius 1 is 1.03 bits per heavy atom. The number of Topliss-reactive ketones (excluding diaryl/α,β-unsaturated/α-hetero) is 1. The van der Waals surface area contributed by atoms with Gasteiger partial charge in [0.05, 0.1) is 30.8 Å². The van der Waals surface area contributed by atoms with Crippen molar-refractivity contribution in [2.24, 2.45) is 11.3 Å². The van der Waals surface area contributed by atoms with Crippen LogP contribution in [-0.2, 0) is 16.1 Å². The van der Waals surface area contributed by atoms with E-state index in [1.54, 1.807) is 62.4 Å². The lowest BCUT2D eigenvalue weighted by molar-refractivity contribution is -0.139. The number of hydrogen-bond acceptors (Lipinski definition) is 6. The number of hydrogen-bond donors (Lipinski definition) is 1. The number of ether oxygens (including phenoxy) is 1. The number of rotatable bonds is 3. The number of carbonyl (C=O) groups is 2. The summed E-state index contributed by atoms with van der Waals surface area (Å²) in [5.41, 5.74) is 0.141. The number of allylic oxidation sites excluding steroid dienone is 4. The molecule has 0 amide bonds. The van der Waals surface area contributed by atoms with Crippen molar-refractivity contribution in [3.05, 3.63) is 98.4 Å². The lowest BCUT2D eigenvalue weighted by Crippen LogP contribution is -2.54. The van der Waals surface area contributed by atoms with E-state index in [1.807, 2.05) is 6.08 Å².